The van der Waals surface area contributed by atoms with Crippen LogP contribution in [0, 0.1) is 5.92 Å². The van der Waals surface area contributed by atoms with Crippen molar-refractivity contribution in [3.05, 3.63) is 28.3 Å². The number of nitrogens with zero attached hydrogens (tertiary/aromatic N) is 1. The van der Waals surface area contributed by atoms with Crippen molar-refractivity contribution < 1.29 is 43.2 Å². The quantitative estimate of drug-likeness (QED) is 0.339. The van der Waals surface area contributed by atoms with Crippen LogP contribution < -0.4 is 10.1 Å². The third kappa shape index (κ3) is 9.46. The Morgan fingerprint density at radius 3 is 2.22 bits per heavy atom. The molecule has 2 N–H and O–H groups in total. The maximum atomic E-state index is 13.1. The molecule has 41 heavy (non-hydrogen) atoms. The lowest BCUT2D eigenvalue weighted by Gasteiger charge is -2.38. The summed E-state index contributed by atoms with van der Waals surface area (Å²) in [4.78, 5) is 40.5. The van der Waals surface area contributed by atoms with Gasteiger partial charge in [-0.15, -0.1) is 0 Å². The second-order valence-corrected chi connectivity index (χ2v) is 13.2. The zero-order chi connectivity index (χ0) is 30.8. The fourth-order valence-electron chi connectivity index (χ4n) is 4.77. The molecule has 0 aliphatic carbocycles. The molecule has 2 aliphatic rings. The van der Waals surface area contributed by atoms with Gasteiger partial charge in [0.05, 0.1) is 19.3 Å². The molecule has 11 nitrogen and oxygen atoms in total. The molecule has 1 aromatic rings. The summed E-state index contributed by atoms with van der Waals surface area (Å²) in [6.45, 7) is 14.6. The average molecular weight is 599 g/mol. The molecule has 2 heterocycles. The van der Waals surface area contributed by atoms with E-state index in [9.17, 15) is 19.5 Å². The van der Waals surface area contributed by atoms with E-state index in [1.54, 1.807) is 66.4 Å². The molecular weight excluding hydrogens is 556 g/mol. The van der Waals surface area contributed by atoms with Crippen LogP contribution in [0.2, 0.25) is 5.02 Å². The Morgan fingerprint density at radius 1 is 1.10 bits per heavy atom. The maximum absolute atomic E-state index is 13.1. The molecule has 230 valence electrons. The SMILES string of the molecule is CC(C)(C)OC(=O)NC(c1cc(Cl)c(CO)cc1OC(=O)OC(C)(C)C)C1CCN(C(=O)C2COC(C)(C)O2)CC1. The molecule has 0 saturated carbocycles. The number of ether oxygens (including phenoxy) is 5. The lowest BCUT2D eigenvalue weighted by molar-refractivity contribution is -0.161. The number of hydrogen-bond donors (Lipinski definition) is 2. The van der Waals surface area contributed by atoms with Crippen LogP contribution in [0.3, 0.4) is 0 Å². The Balaban J connectivity index is 1.90. The largest absolute Gasteiger partial charge is 0.514 e. The average Bonchev–Trinajstić information content (AvgIpc) is 3.20. The first kappa shape index (κ1) is 32.9. The normalized spacial score (nSPS) is 20.3. The highest BCUT2D eigenvalue weighted by atomic mass is 35.5. The molecule has 2 amide bonds. The van der Waals surface area contributed by atoms with Gasteiger partial charge in [0.25, 0.3) is 5.91 Å². The fraction of sp³-hybridized carbons (Fsp3) is 0.690. The van der Waals surface area contributed by atoms with Gasteiger partial charge in [0.2, 0.25) is 0 Å². The highest BCUT2D eigenvalue weighted by molar-refractivity contribution is 6.31. The Bertz CT molecular complexity index is 1120. The van der Waals surface area contributed by atoms with Gasteiger partial charge >= 0.3 is 12.2 Å². The molecule has 2 unspecified atom stereocenters. The van der Waals surface area contributed by atoms with Crippen LogP contribution in [-0.4, -0.2) is 71.0 Å². The van der Waals surface area contributed by atoms with Crippen LogP contribution in [0.1, 0.15) is 85.4 Å². The molecule has 0 spiro atoms. The van der Waals surface area contributed by atoms with Gasteiger partial charge in [0.15, 0.2) is 11.9 Å². The van der Waals surface area contributed by atoms with E-state index in [2.05, 4.69) is 5.32 Å². The Labute approximate surface area is 246 Å². The minimum atomic E-state index is -0.942. The minimum absolute atomic E-state index is 0.0889. The molecule has 0 radical (unpaired) electrons. The van der Waals surface area contributed by atoms with Gasteiger partial charge in [0.1, 0.15) is 17.0 Å². The van der Waals surface area contributed by atoms with Crippen LogP contribution in [-0.2, 0) is 30.3 Å². The summed E-state index contributed by atoms with van der Waals surface area (Å²) in [7, 11) is 0. The van der Waals surface area contributed by atoms with Crippen molar-refractivity contribution in [2.45, 2.75) is 104 Å². The molecule has 2 aliphatic heterocycles. The number of aliphatic hydroxyl groups excluding tert-OH is 1. The first-order valence-electron chi connectivity index (χ1n) is 13.8. The predicted molar refractivity (Wildman–Crippen MR) is 151 cm³/mol. The molecule has 0 aromatic heterocycles. The van der Waals surface area contributed by atoms with E-state index in [0.29, 0.717) is 37.1 Å². The number of nitrogens with one attached hydrogen (secondary N) is 1. The van der Waals surface area contributed by atoms with Crippen LogP contribution in [0.5, 0.6) is 5.75 Å². The van der Waals surface area contributed by atoms with Gasteiger partial charge in [-0.25, -0.2) is 9.59 Å². The molecule has 3 rings (SSSR count). The molecule has 12 heteroatoms. The Kier molecular flexibility index (Phi) is 10.2. The second kappa shape index (κ2) is 12.7. The summed E-state index contributed by atoms with van der Waals surface area (Å²) < 4.78 is 27.8. The summed E-state index contributed by atoms with van der Waals surface area (Å²) in [6.07, 6.45) is -1.23. The van der Waals surface area contributed by atoms with Gasteiger partial charge in [-0.3, -0.25) is 4.79 Å². The van der Waals surface area contributed by atoms with Crippen molar-refractivity contribution in [1.82, 2.24) is 10.2 Å². The third-order valence-electron chi connectivity index (χ3n) is 6.55. The van der Waals surface area contributed by atoms with Gasteiger partial charge in [-0.2, -0.15) is 0 Å². The summed E-state index contributed by atoms with van der Waals surface area (Å²) in [6, 6.07) is 2.33. The zero-order valence-corrected chi connectivity index (χ0v) is 25.9. The lowest BCUT2D eigenvalue weighted by Crippen LogP contribution is -2.47. The molecule has 2 atom stereocenters. The summed E-state index contributed by atoms with van der Waals surface area (Å²) in [5.41, 5.74) is -0.800. The zero-order valence-electron chi connectivity index (χ0n) is 25.2. The third-order valence-corrected chi connectivity index (χ3v) is 6.90. The molecule has 0 bridgehead atoms. The smallest absolute Gasteiger partial charge is 0.444 e. The maximum Gasteiger partial charge on any atom is 0.514 e. The van der Waals surface area contributed by atoms with Crippen molar-refractivity contribution in [3.63, 3.8) is 0 Å². The van der Waals surface area contributed by atoms with Crippen molar-refractivity contribution in [1.29, 1.82) is 0 Å². The van der Waals surface area contributed by atoms with Crippen LogP contribution >= 0.6 is 11.6 Å². The van der Waals surface area contributed by atoms with E-state index in [-0.39, 0.29) is 29.2 Å². The number of amides is 2. The summed E-state index contributed by atoms with van der Waals surface area (Å²) in [5, 5.41) is 13.0. The number of halogens is 1. The lowest BCUT2D eigenvalue weighted by atomic mass is 9.84. The van der Waals surface area contributed by atoms with Gasteiger partial charge in [0, 0.05) is 23.7 Å². The summed E-state index contributed by atoms with van der Waals surface area (Å²) in [5.74, 6) is -1.05. The number of likely N-dealkylation sites (tertiary alicyclic amines) is 1. The summed E-state index contributed by atoms with van der Waals surface area (Å²) >= 11 is 6.48. The van der Waals surface area contributed by atoms with Crippen molar-refractivity contribution in [2.75, 3.05) is 19.7 Å². The van der Waals surface area contributed by atoms with E-state index in [1.165, 1.54) is 6.07 Å². The first-order chi connectivity index (χ1) is 18.9. The highest BCUT2D eigenvalue weighted by Gasteiger charge is 2.41. The number of carbonyl (C=O) groups excluding carboxylic acids is 3. The molecule has 2 saturated heterocycles. The molecule has 2 fully saturated rings. The van der Waals surface area contributed by atoms with Crippen LogP contribution in [0.4, 0.5) is 9.59 Å². The Hall–Kier alpha value is -2.60. The number of benzene rings is 1. The van der Waals surface area contributed by atoms with E-state index in [0.717, 1.165) is 0 Å². The van der Waals surface area contributed by atoms with E-state index in [4.69, 9.17) is 35.3 Å². The number of rotatable bonds is 6. The standard InChI is InChI=1S/C29H43ClN2O9/c1-27(2,3)40-25(35)31-23(17-9-11-32(12-10-17)24(34)22-16-37-29(7,8)39-22)19-14-20(30)18(15-33)13-21(19)38-26(36)41-28(4,5)6/h13-14,17,22-23,33H,9-12,15-16H2,1-8H3,(H,31,35). The van der Waals surface area contributed by atoms with E-state index < -0.39 is 48.0 Å². The monoisotopic (exact) mass is 598 g/mol. The van der Waals surface area contributed by atoms with E-state index >= 15 is 0 Å². The minimum Gasteiger partial charge on any atom is -0.444 e. The van der Waals surface area contributed by atoms with Crippen LogP contribution in [0.15, 0.2) is 12.1 Å². The Morgan fingerprint density at radius 2 is 1.71 bits per heavy atom. The predicted octanol–water partition coefficient (Wildman–Crippen LogP) is 5.10. The van der Waals surface area contributed by atoms with Gasteiger partial charge in [-0.1, -0.05) is 11.6 Å². The number of carbonyl (C=O) groups is 3. The van der Waals surface area contributed by atoms with E-state index in [1.807, 2.05) is 0 Å². The number of aliphatic hydroxyl groups is 1. The van der Waals surface area contributed by atoms with Crippen molar-refractivity contribution in [3.8, 4) is 5.75 Å². The van der Waals surface area contributed by atoms with Crippen molar-refractivity contribution >= 4 is 29.8 Å². The first-order valence-corrected chi connectivity index (χ1v) is 14.2. The fourth-order valence-corrected chi connectivity index (χ4v) is 5.01. The van der Waals surface area contributed by atoms with Crippen LogP contribution in [0.25, 0.3) is 0 Å². The number of piperidine rings is 1. The number of hydrogen-bond acceptors (Lipinski definition) is 9. The molecule has 1 aromatic carbocycles. The highest BCUT2D eigenvalue weighted by Crippen LogP contribution is 2.39. The van der Waals surface area contributed by atoms with Gasteiger partial charge < -0.3 is 39.0 Å². The van der Waals surface area contributed by atoms with Gasteiger partial charge in [-0.05, 0) is 91.8 Å². The molecular formula is C29H43ClN2O9. The topological polar surface area (TPSA) is 133 Å². The number of alkyl carbamates (subject to hydrolysis) is 1. The second-order valence-electron chi connectivity index (χ2n) is 12.8. The van der Waals surface area contributed by atoms with Crippen molar-refractivity contribution in [2.24, 2.45) is 5.92 Å².